The lowest BCUT2D eigenvalue weighted by Crippen LogP contribution is -2.42. The Balaban J connectivity index is 1.54. The Morgan fingerprint density at radius 1 is 1.23 bits per heavy atom. The summed E-state index contributed by atoms with van der Waals surface area (Å²) in [5, 5.41) is 7.51. The van der Waals surface area contributed by atoms with Gasteiger partial charge in [0, 0.05) is 38.5 Å². The monoisotopic (exact) mass is 363 g/mol. The molecule has 26 heavy (non-hydrogen) atoms. The normalized spacial score (nSPS) is 20.3. The van der Waals surface area contributed by atoms with Gasteiger partial charge in [0.15, 0.2) is 0 Å². The van der Waals surface area contributed by atoms with E-state index in [1.165, 1.54) is 0 Å². The van der Waals surface area contributed by atoms with Crippen LogP contribution in [0.25, 0.3) is 0 Å². The molecule has 3 rings (SSSR count). The van der Waals surface area contributed by atoms with Crippen molar-refractivity contribution < 1.29 is 9.59 Å². The number of nitrogens with zero attached hydrogens (tertiary/aromatic N) is 4. The number of amides is 2. The van der Waals surface area contributed by atoms with E-state index in [0.29, 0.717) is 44.8 Å². The molecule has 1 fully saturated rings. The van der Waals surface area contributed by atoms with E-state index in [4.69, 9.17) is 0 Å². The minimum Gasteiger partial charge on any atom is -0.352 e. The van der Waals surface area contributed by atoms with Gasteiger partial charge in [-0.25, -0.2) is 9.48 Å². The molecule has 0 aromatic carbocycles. The Morgan fingerprint density at radius 3 is 2.73 bits per heavy atom. The van der Waals surface area contributed by atoms with Crippen molar-refractivity contribution in [2.24, 2.45) is 5.92 Å². The van der Waals surface area contributed by atoms with Crippen LogP contribution in [-0.2, 0) is 29.1 Å². The molecule has 1 saturated heterocycles. The smallest absolute Gasteiger partial charge is 0.345 e. The minimum atomic E-state index is -0.112. The molecule has 0 spiro atoms. The lowest BCUT2D eigenvalue weighted by Gasteiger charge is -2.19. The van der Waals surface area contributed by atoms with Crippen molar-refractivity contribution in [2.45, 2.75) is 71.5 Å². The van der Waals surface area contributed by atoms with Crippen LogP contribution in [0.1, 0.15) is 51.8 Å². The van der Waals surface area contributed by atoms with Crippen LogP contribution < -0.4 is 11.0 Å². The molecule has 2 amide bonds. The molecule has 1 unspecified atom stereocenters. The number of aromatic nitrogens is 3. The maximum absolute atomic E-state index is 12.5. The molecule has 1 aromatic rings. The fraction of sp³-hybridized carbons (Fsp3) is 0.778. The largest absolute Gasteiger partial charge is 0.352 e. The lowest BCUT2D eigenvalue weighted by atomic mass is 10.1. The van der Waals surface area contributed by atoms with E-state index in [0.717, 1.165) is 25.1 Å². The minimum absolute atomic E-state index is 0.0189. The SMILES string of the molecule is CC(C)CCn1nc2n(c1=O)CCC(NC(=O)CN1CCCC1=O)CC2. The van der Waals surface area contributed by atoms with Gasteiger partial charge in [-0.3, -0.25) is 14.2 Å². The number of likely N-dealkylation sites (tertiary alicyclic amines) is 1. The van der Waals surface area contributed by atoms with Gasteiger partial charge in [-0.05, 0) is 31.6 Å². The van der Waals surface area contributed by atoms with Crippen LogP contribution in [0, 0.1) is 5.92 Å². The fourth-order valence-corrected chi connectivity index (χ4v) is 3.62. The second kappa shape index (κ2) is 8.05. The third-order valence-electron chi connectivity index (χ3n) is 5.21. The number of nitrogens with one attached hydrogen (secondary N) is 1. The van der Waals surface area contributed by atoms with Crippen LogP contribution in [0.15, 0.2) is 4.79 Å². The van der Waals surface area contributed by atoms with Crippen molar-refractivity contribution in [2.75, 3.05) is 13.1 Å². The zero-order chi connectivity index (χ0) is 18.7. The van der Waals surface area contributed by atoms with Crippen LogP contribution in [0.5, 0.6) is 0 Å². The highest BCUT2D eigenvalue weighted by atomic mass is 16.2. The van der Waals surface area contributed by atoms with Crippen LogP contribution in [0.2, 0.25) is 0 Å². The predicted octanol–water partition coefficient (Wildman–Crippen LogP) is 0.534. The highest BCUT2D eigenvalue weighted by Gasteiger charge is 2.25. The quantitative estimate of drug-likeness (QED) is 0.799. The first-order chi connectivity index (χ1) is 12.4. The number of carbonyl (C=O) groups is 2. The van der Waals surface area contributed by atoms with Crippen molar-refractivity contribution in [1.82, 2.24) is 24.6 Å². The molecule has 144 valence electrons. The second-order valence-corrected chi connectivity index (χ2v) is 7.77. The fourth-order valence-electron chi connectivity index (χ4n) is 3.62. The van der Waals surface area contributed by atoms with Crippen LogP contribution in [0.4, 0.5) is 0 Å². The summed E-state index contributed by atoms with van der Waals surface area (Å²) < 4.78 is 3.32. The summed E-state index contributed by atoms with van der Waals surface area (Å²) in [5.41, 5.74) is -0.0460. The van der Waals surface area contributed by atoms with Gasteiger partial charge < -0.3 is 10.2 Å². The molecule has 8 nitrogen and oxygen atoms in total. The predicted molar refractivity (Wildman–Crippen MR) is 96.6 cm³/mol. The highest BCUT2D eigenvalue weighted by Crippen LogP contribution is 2.13. The number of carbonyl (C=O) groups excluding carboxylic acids is 2. The molecule has 0 bridgehead atoms. The zero-order valence-electron chi connectivity index (χ0n) is 15.7. The van der Waals surface area contributed by atoms with E-state index >= 15 is 0 Å². The molecule has 0 aliphatic carbocycles. The number of aryl methyl sites for hydroxylation is 2. The Labute approximate surface area is 153 Å². The zero-order valence-corrected chi connectivity index (χ0v) is 15.7. The van der Waals surface area contributed by atoms with Crippen molar-refractivity contribution in [3.05, 3.63) is 16.3 Å². The number of hydrogen-bond donors (Lipinski definition) is 1. The van der Waals surface area contributed by atoms with Crippen molar-refractivity contribution >= 4 is 11.8 Å². The van der Waals surface area contributed by atoms with Gasteiger partial charge in [-0.15, -0.1) is 0 Å². The van der Waals surface area contributed by atoms with E-state index in [2.05, 4.69) is 24.3 Å². The van der Waals surface area contributed by atoms with Crippen molar-refractivity contribution in [3.63, 3.8) is 0 Å². The Hall–Kier alpha value is -2.12. The molecular weight excluding hydrogens is 334 g/mol. The molecule has 1 N–H and O–H groups in total. The second-order valence-electron chi connectivity index (χ2n) is 7.77. The van der Waals surface area contributed by atoms with Gasteiger partial charge in [0.2, 0.25) is 11.8 Å². The molecule has 2 aliphatic heterocycles. The maximum atomic E-state index is 12.5. The van der Waals surface area contributed by atoms with Crippen molar-refractivity contribution in [3.8, 4) is 0 Å². The highest BCUT2D eigenvalue weighted by molar-refractivity contribution is 5.85. The summed E-state index contributed by atoms with van der Waals surface area (Å²) >= 11 is 0. The number of hydrogen-bond acceptors (Lipinski definition) is 4. The Morgan fingerprint density at radius 2 is 2.04 bits per heavy atom. The van der Waals surface area contributed by atoms with Gasteiger partial charge in [0.25, 0.3) is 0 Å². The summed E-state index contributed by atoms with van der Waals surface area (Å²) in [6.45, 7) is 6.30. The third-order valence-corrected chi connectivity index (χ3v) is 5.21. The number of rotatable bonds is 6. The van der Waals surface area contributed by atoms with E-state index in [1.54, 1.807) is 14.1 Å². The van der Waals surface area contributed by atoms with E-state index < -0.39 is 0 Å². The summed E-state index contributed by atoms with van der Waals surface area (Å²) in [6.07, 6.45) is 4.46. The topological polar surface area (TPSA) is 89.2 Å². The third kappa shape index (κ3) is 4.34. The average molecular weight is 363 g/mol. The van der Waals surface area contributed by atoms with Gasteiger partial charge >= 0.3 is 5.69 Å². The summed E-state index contributed by atoms with van der Waals surface area (Å²) in [5.74, 6) is 1.29. The first kappa shape index (κ1) is 18.7. The molecule has 3 heterocycles. The first-order valence-corrected chi connectivity index (χ1v) is 9.67. The van der Waals surface area contributed by atoms with Crippen LogP contribution in [-0.4, -0.2) is 50.2 Å². The molecule has 0 saturated carbocycles. The van der Waals surface area contributed by atoms with Gasteiger partial charge in [0.1, 0.15) is 5.82 Å². The van der Waals surface area contributed by atoms with E-state index in [-0.39, 0.29) is 30.1 Å². The van der Waals surface area contributed by atoms with Crippen LogP contribution >= 0.6 is 0 Å². The van der Waals surface area contributed by atoms with Gasteiger partial charge in [-0.2, -0.15) is 5.10 Å². The number of fused-ring (bicyclic) bond motifs is 1. The van der Waals surface area contributed by atoms with E-state index in [1.807, 2.05) is 0 Å². The first-order valence-electron chi connectivity index (χ1n) is 9.67. The Kier molecular flexibility index (Phi) is 5.78. The summed E-state index contributed by atoms with van der Waals surface area (Å²) in [7, 11) is 0. The van der Waals surface area contributed by atoms with E-state index in [9.17, 15) is 14.4 Å². The molecule has 1 atom stereocenters. The molecular formula is C18H29N5O3. The lowest BCUT2D eigenvalue weighted by molar-refractivity contribution is -0.133. The Bertz CT molecular complexity index is 721. The molecule has 2 aliphatic rings. The van der Waals surface area contributed by atoms with Crippen LogP contribution in [0.3, 0.4) is 0 Å². The summed E-state index contributed by atoms with van der Waals surface area (Å²) in [4.78, 5) is 38.0. The maximum Gasteiger partial charge on any atom is 0.345 e. The molecule has 8 heteroatoms. The van der Waals surface area contributed by atoms with Gasteiger partial charge in [0.05, 0.1) is 6.54 Å². The standard InChI is InChI=1S/C18H29N5O3/c1-13(2)7-11-23-18(26)22-10-8-14(5-6-15(22)20-23)19-16(24)12-21-9-3-4-17(21)25/h13-14H,3-12H2,1-2H3,(H,19,24). The molecule has 0 radical (unpaired) electrons. The average Bonchev–Trinajstić information content (AvgIpc) is 3.04. The molecule has 1 aromatic heterocycles. The van der Waals surface area contributed by atoms with Gasteiger partial charge in [-0.1, -0.05) is 13.8 Å². The summed E-state index contributed by atoms with van der Waals surface area (Å²) in [6, 6.07) is 0.0189. The van der Waals surface area contributed by atoms with Crippen molar-refractivity contribution in [1.29, 1.82) is 0 Å².